The van der Waals surface area contributed by atoms with Crippen molar-refractivity contribution in [3.8, 4) is 5.75 Å². The molecule has 0 spiro atoms. The normalized spacial score (nSPS) is 12.9. The first-order valence-electron chi connectivity index (χ1n) is 3.54. The largest absolute Gasteiger partial charge is 0.454 e. The number of nitrogens with two attached hydrogens (primary N) is 1. The number of rotatable bonds is 3. The zero-order chi connectivity index (χ0) is 9.84. The van der Waals surface area contributed by atoms with Gasteiger partial charge in [0.25, 0.3) is 6.36 Å². The summed E-state index contributed by atoms with van der Waals surface area (Å²) in [5.74, 6) is -0.00667. The van der Waals surface area contributed by atoms with Crippen LogP contribution in [-0.4, -0.2) is 12.8 Å². The van der Waals surface area contributed by atoms with E-state index >= 15 is 0 Å². The fraction of sp³-hybridized carbons (Fsp3) is 0.250. The Bertz CT molecular complexity index is 280. The van der Waals surface area contributed by atoms with Crippen LogP contribution in [0.3, 0.4) is 0 Å². The molecule has 0 heterocycles. The lowest BCUT2D eigenvalue weighted by Crippen LogP contribution is -2.19. The molecule has 0 fully saturated rings. The average molecular weight is 191 g/mol. The van der Waals surface area contributed by atoms with Crippen molar-refractivity contribution in [2.24, 2.45) is 0 Å². The molecular weight excluding hydrogens is 183 g/mol. The van der Waals surface area contributed by atoms with Crippen LogP contribution in [0.2, 0.25) is 0 Å². The van der Waals surface area contributed by atoms with Crippen LogP contribution in [0.25, 0.3) is 0 Å². The quantitative estimate of drug-likeness (QED) is 0.743. The van der Waals surface area contributed by atoms with Gasteiger partial charge in [0, 0.05) is 11.8 Å². The number of anilines is 1. The van der Waals surface area contributed by atoms with Crippen molar-refractivity contribution < 1.29 is 17.9 Å². The fourth-order valence-corrected chi connectivity index (χ4v) is 0.769. The number of halogens is 3. The molecule has 1 aromatic rings. The predicted octanol–water partition coefficient (Wildman–Crippen LogP) is 2.21. The third-order valence-electron chi connectivity index (χ3n) is 1.30. The molecular formula is C8H8F3NO. The van der Waals surface area contributed by atoms with E-state index in [1.165, 1.54) is 18.2 Å². The molecule has 0 bridgehead atoms. The smallest absolute Gasteiger partial charge is 0.304 e. The molecule has 2 nitrogen and oxygen atoms in total. The summed E-state index contributed by atoms with van der Waals surface area (Å²) >= 11 is 0. The molecule has 13 heavy (non-hydrogen) atoms. The van der Waals surface area contributed by atoms with Crippen molar-refractivity contribution in [2.45, 2.75) is 12.8 Å². The highest BCUT2D eigenvalue weighted by Gasteiger charge is 2.20. The van der Waals surface area contributed by atoms with Crippen LogP contribution in [0.5, 0.6) is 5.75 Å². The lowest BCUT2D eigenvalue weighted by Gasteiger charge is -2.10. The number of alkyl halides is 3. The first kappa shape index (κ1) is 9.70. The Balaban J connectivity index is 2.64. The third kappa shape index (κ3) is 2.85. The molecule has 0 aromatic heterocycles. The topological polar surface area (TPSA) is 35.2 Å². The number of hydrogen-bond acceptors (Lipinski definition) is 2. The standard InChI is InChI=1S/C8H8F3NO/c9-7(10)8(11)13-6-3-1-2-5(12)4-6/h1-4,7-8H,12H2. The zero-order valence-corrected chi connectivity index (χ0v) is 6.58. The highest BCUT2D eigenvalue weighted by atomic mass is 19.3. The van der Waals surface area contributed by atoms with E-state index in [0.29, 0.717) is 5.69 Å². The molecule has 2 N–H and O–H groups in total. The van der Waals surface area contributed by atoms with Gasteiger partial charge in [-0.15, -0.1) is 0 Å². The van der Waals surface area contributed by atoms with Gasteiger partial charge in [-0.05, 0) is 12.1 Å². The van der Waals surface area contributed by atoms with Crippen LogP contribution in [0.4, 0.5) is 18.9 Å². The zero-order valence-electron chi connectivity index (χ0n) is 6.58. The maximum Gasteiger partial charge on any atom is 0.304 e. The fourth-order valence-electron chi connectivity index (χ4n) is 0.769. The van der Waals surface area contributed by atoms with Crippen molar-refractivity contribution in [1.82, 2.24) is 0 Å². The second-order valence-electron chi connectivity index (χ2n) is 2.38. The van der Waals surface area contributed by atoms with E-state index in [4.69, 9.17) is 5.73 Å². The first-order chi connectivity index (χ1) is 6.09. The average Bonchev–Trinajstić information content (AvgIpc) is 2.04. The highest BCUT2D eigenvalue weighted by molar-refractivity contribution is 5.43. The van der Waals surface area contributed by atoms with Crippen molar-refractivity contribution in [3.05, 3.63) is 24.3 Å². The van der Waals surface area contributed by atoms with Gasteiger partial charge in [-0.2, -0.15) is 4.39 Å². The van der Waals surface area contributed by atoms with Crippen LogP contribution >= 0.6 is 0 Å². The number of hydrogen-bond donors (Lipinski definition) is 1. The van der Waals surface area contributed by atoms with Crippen LogP contribution in [0, 0.1) is 0 Å². The molecule has 1 rings (SSSR count). The van der Waals surface area contributed by atoms with Crippen molar-refractivity contribution in [3.63, 3.8) is 0 Å². The summed E-state index contributed by atoms with van der Waals surface area (Å²) in [5.41, 5.74) is 5.65. The van der Waals surface area contributed by atoms with Gasteiger partial charge in [0.2, 0.25) is 0 Å². The molecule has 0 amide bonds. The Morgan fingerprint density at radius 1 is 1.23 bits per heavy atom. The molecule has 5 heteroatoms. The van der Waals surface area contributed by atoms with Gasteiger partial charge in [-0.3, -0.25) is 0 Å². The van der Waals surface area contributed by atoms with E-state index in [1.54, 1.807) is 6.07 Å². The molecule has 0 aliphatic rings. The Hall–Kier alpha value is -1.39. The first-order valence-corrected chi connectivity index (χ1v) is 3.54. The Morgan fingerprint density at radius 2 is 1.92 bits per heavy atom. The van der Waals surface area contributed by atoms with E-state index < -0.39 is 12.8 Å². The van der Waals surface area contributed by atoms with Crippen molar-refractivity contribution in [1.29, 1.82) is 0 Å². The molecule has 1 unspecified atom stereocenters. The molecule has 0 aliphatic carbocycles. The van der Waals surface area contributed by atoms with E-state index in [9.17, 15) is 13.2 Å². The van der Waals surface area contributed by atoms with Crippen molar-refractivity contribution in [2.75, 3.05) is 5.73 Å². The maximum atomic E-state index is 12.3. The number of benzene rings is 1. The Labute approximate surface area is 73.1 Å². The number of nitrogen functional groups attached to an aromatic ring is 1. The van der Waals surface area contributed by atoms with E-state index in [0.717, 1.165) is 0 Å². The minimum Gasteiger partial charge on any atom is -0.454 e. The van der Waals surface area contributed by atoms with Gasteiger partial charge in [0.15, 0.2) is 0 Å². The maximum absolute atomic E-state index is 12.3. The monoisotopic (exact) mass is 191 g/mol. The number of ether oxygens (including phenoxy) is 1. The SMILES string of the molecule is Nc1cccc(OC(F)C(F)F)c1. The Kier molecular flexibility index (Phi) is 3.00. The minimum absolute atomic E-state index is 0.00667. The molecule has 72 valence electrons. The summed E-state index contributed by atoms with van der Waals surface area (Å²) in [5, 5.41) is 0. The second kappa shape index (κ2) is 4.02. The molecule has 0 radical (unpaired) electrons. The predicted molar refractivity (Wildman–Crippen MR) is 42.4 cm³/mol. The molecule has 1 aromatic carbocycles. The molecule has 0 saturated heterocycles. The van der Waals surface area contributed by atoms with E-state index in [-0.39, 0.29) is 5.75 Å². The van der Waals surface area contributed by atoms with E-state index in [2.05, 4.69) is 4.74 Å². The lowest BCUT2D eigenvalue weighted by atomic mass is 10.3. The van der Waals surface area contributed by atoms with Gasteiger partial charge in [-0.25, -0.2) is 8.78 Å². The van der Waals surface area contributed by atoms with Gasteiger partial charge < -0.3 is 10.5 Å². The van der Waals surface area contributed by atoms with Crippen molar-refractivity contribution >= 4 is 5.69 Å². The molecule has 0 saturated carbocycles. The summed E-state index contributed by atoms with van der Waals surface area (Å²) in [6.45, 7) is 0. The summed E-state index contributed by atoms with van der Waals surface area (Å²) in [4.78, 5) is 0. The Morgan fingerprint density at radius 3 is 2.46 bits per heavy atom. The van der Waals surface area contributed by atoms with Gasteiger partial charge >= 0.3 is 6.43 Å². The van der Waals surface area contributed by atoms with Crippen LogP contribution in [-0.2, 0) is 0 Å². The van der Waals surface area contributed by atoms with Gasteiger partial charge in [0.05, 0.1) is 0 Å². The molecule has 1 atom stereocenters. The highest BCUT2D eigenvalue weighted by Crippen LogP contribution is 2.18. The van der Waals surface area contributed by atoms with Crippen LogP contribution in [0.1, 0.15) is 0 Å². The third-order valence-corrected chi connectivity index (χ3v) is 1.30. The summed E-state index contributed by atoms with van der Waals surface area (Å²) in [6, 6.07) is 5.66. The van der Waals surface area contributed by atoms with E-state index in [1.807, 2.05) is 0 Å². The molecule has 0 aliphatic heterocycles. The van der Waals surface area contributed by atoms with Gasteiger partial charge in [0.1, 0.15) is 5.75 Å². The minimum atomic E-state index is -3.15. The second-order valence-corrected chi connectivity index (χ2v) is 2.38. The summed E-state index contributed by atoms with van der Waals surface area (Å²) in [7, 11) is 0. The van der Waals surface area contributed by atoms with Crippen LogP contribution in [0.15, 0.2) is 24.3 Å². The lowest BCUT2D eigenvalue weighted by molar-refractivity contribution is -0.0668. The van der Waals surface area contributed by atoms with Gasteiger partial charge in [-0.1, -0.05) is 6.07 Å². The van der Waals surface area contributed by atoms with Crippen LogP contribution < -0.4 is 10.5 Å². The summed E-state index contributed by atoms with van der Waals surface area (Å²) < 4.78 is 40.0. The summed E-state index contributed by atoms with van der Waals surface area (Å²) in [6.07, 6.45) is -5.76.